The quantitative estimate of drug-likeness (QED) is 0.412. The zero-order valence-corrected chi connectivity index (χ0v) is 6.38. The van der Waals surface area contributed by atoms with Crippen molar-refractivity contribution in [2.24, 2.45) is 5.11 Å². The van der Waals surface area contributed by atoms with Gasteiger partial charge < -0.3 is 10.2 Å². The Kier molecular flexibility index (Phi) is 2.37. The minimum Gasteiger partial charge on any atom is -0.507 e. The lowest BCUT2D eigenvalue weighted by Crippen LogP contribution is -1.94. The van der Waals surface area contributed by atoms with Crippen molar-refractivity contribution in [1.29, 1.82) is 0 Å². The summed E-state index contributed by atoms with van der Waals surface area (Å²) in [5.74, 6) is -1.50. The van der Waals surface area contributed by atoms with E-state index in [0.29, 0.717) is 0 Å². The standard InChI is InChI=1S/C7H5N3O3/c8-10-9-5-2-1-4(7(12)13)3-6(5)11/h1-3,11H,(H,12,13). The maximum atomic E-state index is 10.4. The minimum absolute atomic E-state index is 0.00694. The monoisotopic (exact) mass is 179 g/mol. The Hall–Kier alpha value is -2.20. The molecule has 1 aromatic rings. The predicted molar refractivity (Wildman–Crippen MR) is 43.9 cm³/mol. The minimum atomic E-state index is -1.15. The number of hydrogen-bond acceptors (Lipinski definition) is 3. The maximum absolute atomic E-state index is 10.4. The Balaban J connectivity index is 3.19. The first-order chi connectivity index (χ1) is 6.15. The number of carboxylic acids is 1. The number of phenols is 1. The highest BCUT2D eigenvalue weighted by Gasteiger charge is 2.05. The number of carbonyl (C=O) groups is 1. The van der Waals surface area contributed by atoms with Gasteiger partial charge in [-0.2, -0.15) is 0 Å². The fraction of sp³-hybridized carbons (Fsp3) is 0. The van der Waals surface area contributed by atoms with Crippen LogP contribution >= 0.6 is 0 Å². The molecule has 0 aliphatic carbocycles. The topological polar surface area (TPSA) is 106 Å². The molecule has 66 valence electrons. The fourth-order valence-corrected chi connectivity index (χ4v) is 0.789. The van der Waals surface area contributed by atoms with Crippen LogP contribution in [0.3, 0.4) is 0 Å². The highest BCUT2D eigenvalue weighted by atomic mass is 16.4. The molecule has 0 aromatic heterocycles. The molecule has 0 fully saturated rings. The Morgan fingerprint density at radius 2 is 2.23 bits per heavy atom. The van der Waals surface area contributed by atoms with Gasteiger partial charge in [-0.15, -0.1) is 0 Å². The van der Waals surface area contributed by atoms with E-state index in [2.05, 4.69) is 10.0 Å². The Bertz CT molecular complexity index is 396. The van der Waals surface area contributed by atoms with Crippen molar-refractivity contribution in [2.75, 3.05) is 0 Å². The number of azide groups is 1. The summed E-state index contributed by atoms with van der Waals surface area (Å²) in [5, 5.41) is 20.8. The van der Waals surface area contributed by atoms with E-state index in [0.717, 1.165) is 6.07 Å². The van der Waals surface area contributed by atoms with Gasteiger partial charge in [0.1, 0.15) is 5.75 Å². The summed E-state index contributed by atoms with van der Waals surface area (Å²) < 4.78 is 0. The van der Waals surface area contributed by atoms with E-state index in [1.807, 2.05) is 0 Å². The number of hydrogen-bond donors (Lipinski definition) is 2. The van der Waals surface area contributed by atoms with Crippen molar-refractivity contribution in [3.05, 3.63) is 34.2 Å². The highest BCUT2D eigenvalue weighted by molar-refractivity contribution is 5.88. The first-order valence-electron chi connectivity index (χ1n) is 3.26. The molecule has 0 aliphatic rings. The summed E-state index contributed by atoms with van der Waals surface area (Å²) in [6.07, 6.45) is 0. The first-order valence-corrected chi connectivity index (χ1v) is 3.26. The molecule has 6 nitrogen and oxygen atoms in total. The average Bonchev–Trinajstić information content (AvgIpc) is 2.08. The van der Waals surface area contributed by atoms with Gasteiger partial charge in [0.2, 0.25) is 0 Å². The summed E-state index contributed by atoms with van der Waals surface area (Å²) in [6.45, 7) is 0. The normalized spacial score (nSPS) is 8.92. The van der Waals surface area contributed by atoms with Crippen LogP contribution in [0, 0.1) is 0 Å². The molecule has 13 heavy (non-hydrogen) atoms. The second kappa shape index (κ2) is 3.46. The third-order valence-electron chi connectivity index (χ3n) is 1.37. The molecule has 2 N–H and O–H groups in total. The molecule has 0 amide bonds. The molecule has 0 saturated heterocycles. The third kappa shape index (κ3) is 1.88. The van der Waals surface area contributed by atoms with Gasteiger partial charge in [-0.05, 0) is 23.7 Å². The van der Waals surface area contributed by atoms with Crippen molar-refractivity contribution in [3.63, 3.8) is 0 Å². The van der Waals surface area contributed by atoms with Gasteiger partial charge in [0.05, 0.1) is 11.3 Å². The molecule has 1 rings (SSSR count). The van der Waals surface area contributed by atoms with Crippen molar-refractivity contribution in [3.8, 4) is 5.75 Å². The highest BCUT2D eigenvalue weighted by Crippen LogP contribution is 2.27. The number of benzene rings is 1. The molecule has 0 unspecified atom stereocenters. The van der Waals surface area contributed by atoms with Gasteiger partial charge in [-0.25, -0.2) is 4.79 Å². The van der Waals surface area contributed by atoms with E-state index >= 15 is 0 Å². The third-order valence-corrected chi connectivity index (χ3v) is 1.37. The van der Waals surface area contributed by atoms with Crippen molar-refractivity contribution in [2.45, 2.75) is 0 Å². The first kappa shape index (κ1) is 8.89. The second-order valence-corrected chi connectivity index (χ2v) is 2.20. The van der Waals surface area contributed by atoms with Crippen molar-refractivity contribution >= 4 is 11.7 Å². The van der Waals surface area contributed by atoms with Gasteiger partial charge in [0.25, 0.3) is 0 Å². The van der Waals surface area contributed by atoms with E-state index in [9.17, 15) is 4.79 Å². The van der Waals surface area contributed by atoms with Crippen LogP contribution in [0.15, 0.2) is 23.3 Å². The predicted octanol–water partition coefficient (Wildman–Crippen LogP) is 2.03. The molecule has 0 bridgehead atoms. The van der Waals surface area contributed by atoms with Crippen molar-refractivity contribution in [1.82, 2.24) is 0 Å². The molecular formula is C7H5N3O3. The molecule has 6 heteroatoms. The van der Waals surface area contributed by atoms with Crippen LogP contribution in [0.5, 0.6) is 5.75 Å². The molecule has 0 radical (unpaired) electrons. The van der Waals surface area contributed by atoms with Gasteiger partial charge in [0, 0.05) is 4.91 Å². The van der Waals surface area contributed by atoms with Crippen LogP contribution in [-0.4, -0.2) is 16.2 Å². The lowest BCUT2D eigenvalue weighted by atomic mass is 10.2. The number of phenolic OH excluding ortho intramolecular Hbond substituents is 1. The van der Waals surface area contributed by atoms with Gasteiger partial charge >= 0.3 is 5.97 Å². The van der Waals surface area contributed by atoms with Gasteiger partial charge in [-0.3, -0.25) is 0 Å². The zero-order chi connectivity index (χ0) is 9.84. The average molecular weight is 179 g/mol. The molecule has 0 atom stereocenters. The lowest BCUT2D eigenvalue weighted by Gasteiger charge is -1.98. The fourth-order valence-electron chi connectivity index (χ4n) is 0.789. The van der Waals surface area contributed by atoms with Crippen LogP contribution in [0.1, 0.15) is 10.4 Å². The molecule has 0 spiro atoms. The number of aromatic hydroxyl groups is 1. The van der Waals surface area contributed by atoms with E-state index in [1.165, 1.54) is 12.1 Å². The van der Waals surface area contributed by atoms with Crippen LogP contribution in [0.2, 0.25) is 0 Å². The van der Waals surface area contributed by atoms with Crippen LogP contribution < -0.4 is 0 Å². The SMILES string of the molecule is [N-]=[N+]=Nc1ccc(C(=O)O)cc1O. The van der Waals surface area contributed by atoms with E-state index < -0.39 is 5.97 Å². The molecular weight excluding hydrogens is 174 g/mol. The zero-order valence-electron chi connectivity index (χ0n) is 6.38. The van der Waals surface area contributed by atoms with Crippen LogP contribution in [0.25, 0.3) is 10.4 Å². The second-order valence-electron chi connectivity index (χ2n) is 2.20. The summed E-state index contributed by atoms with van der Waals surface area (Å²) in [5.41, 5.74) is 8.00. The van der Waals surface area contributed by atoms with Crippen LogP contribution in [-0.2, 0) is 0 Å². The Morgan fingerprint density at radius 1 is 1.54 bits per heavy atom. The Morgan fingerprint density at radius 3 is 2.69 bits per heavy atom. The summed E-state index contributed by atoms with van der Waals surface area (Å²) >= 11 is 0. The number of rotatable bonds is 2. The van der Waals surface area contributed by atoms with E-state index in [4.69, 9.17) is 15.7 Å². The number of carboxylic acid groups (broad SMARTS) is 1. The van der Waals surface area contributed by atoms with Gasteiger partial charge in [0.15, 0.2) is 0 Å². The lowest BCUT2D eigenvalue weighted by molar-refractivity contribution is 0.0696. The molecule has 0 saturated carbocycles. The smallest absolute Gasteiger partial charge is 0.335 e. The number of nitrogens with zero attached hydrogens (tertiary/aromatic N) is 3. The van der Waals surface area contributed by atoms with E-state index in [1.54, 1.807) is 0 Å². The van der Waals surface area contributed by atoms with E-state index in [-0.39, 0.29) is 17.0 Å². The molecule has 1 aromatic carbocycles. The molecule has 0 heterocycles. The summed E-state index contributed by atoms with van der Waals surface area (Å²) in [4.78, 5) is 12.9. The summed E-state index contributed by atoms with van der Waals surface area (Å²) in [7, 11) is 0. The largest absolute Gasteiger partial charge is 0.507 e. The van der Waals surface area contributed by atoms with Gasteiger partial charge in [-0.1, -0.05) is 5.11 Å². The summed E-state index contributed by atoms with van der Waals surface area (Å²) in [6, 6.07) is 3.50. The van der Waals surface area contributed by atoms with Crippen molar-refractivity contribution < 1.29 is 15.0 Å². The molecule has 0 aliphatic heterocycles. The number of aromatic carboxylic acids is 1. The maximum Gasteiger partial charge on any atom is 0.335 e. The van der Waals surface area contributed by atoms with Crippen LogP contribution in [0.4, 0.5) is 5.69 Å². The Labute approximate surface area is 72.7 Å².